The maximum Gasteiger partial charge on any atom is 0.139 e. The Kier molecular flexibility index (Phi) is 3.82. The lowest BCUT2D eigenvalue weighted by atomic mass is 9.99. The maximum absolute atomic E-state index is 11.4. The minimum atomic E-state index is -1.27. The van der Waals surface area contributed by atoms with E-state index in [1.54, 1.807) is 6.07 Å². The number of fused-ring (bicyclic) bond motifs is 1. The van der Waals surface area contributed by atoms with Crippen molar-refractivity contribution in [3.05, 3.63) is 65.2 Å². The first kappa shape index (κ1) is 15.2. The molecule has 0 unspecified atom stereocenters. The van der Waals surface area contributed by atoms with Crippen molar-refractivity contribution in [1.82, 2.24) is 0 Å². The Labute approximate surface area is 135 Å². The third-order valence-corrected chi connectivity index (χ3v) is 3.63. The smallest absolute Gasteiger partial charge is 0.139 e. The van der Waals surface area contributed by atoms with Crippen molar-refractivity contribution in [3.8, 4) is 11.5 Å². The molecule has 0 aromatic heterocycles. The van der Waals surface area contributed by atoms with Crippen LogP contribution in [0.2, 0.25) is 0 Å². The van der Waals surface area contributed by atoms with Gasteiger partial charge in [-0.3, -0.25) is 0 Å². The van der Waals surface area contributed by atoms with Crippen molar-refractivity contribution < 1.29 is 19.4 Å². The van der Waals surface area contributed by atoms with Crippen LogP contribution in [0.1, 0.15) is 35.3 Å². The maximum atomic E-state index is 11.4. The van der Waals surface area contributed by atoms with E-state index in [9.17, 15) is 9.90 Å². The van der Waals surface area contributed by atoms with Gasteiger partial charge in [-0.15, -0.1) is 0 Å². The largest absolute Gasteiger partial charge is 0.545 e. The summed E-state index contributed by atoms with van der Waals surface area (Å²) in [6.07, 6.45) is 3.72. The van der Waals surface area contributed by atoms with Gasteiger partial charge in [0, 0.05) is 5.56 Å². The SMILES string of the molecule is CC1(C)C=Cc2c(ccc(C(=O)[O-])c2OCc2ccccc2)O1. The molecular weight excluding hydrogens is 292 g/mol. The van der Waals surface area contributed by atoms with E-state index in [1.165, 1.54) is 6.07 Å². The fraction of sp³-hybridized carbons (Fsp3) is 0.211. The van der Waals surface area contributed by atoms with Crippen LogP contribution in [-0.2, 0) is 6.61 Å². The van der Waals surface area contributed by atoms with Gasteiger partial charge < -0.3 is 19.4 Å². The molecule has 0 N–H and O–H groups in total. The van der Waals surface area contributed by atoms with E-state index in [1.807, 2.05) is 56.3 Å². The Hall–Kier alpha value is -2.75. The van der Waals surface area contributed by atoms with Crippen LogP contribution >= 0.6 is 0 Å². The van der Waals surface area contributed by atoms with Crippen molar-refractivity contribution in [3.63, 3.8) is 0 Å². The third-order valence-electron chi connectivity index (χ3n) is 3.63. The summed E-state index contributed by atoms with van der Waals surface area (Å²) in [6.45, 7) is 4.14. The quantitative estimate of drug-likeness (QED) is 0.871. The number of carbonyl (C=O) groups excluding carboxylic acids is 1. The molecule has 1 heterocycles. The van der Waals surface area contributed by atoms with Crippen molar-refractivity contribution in [2.24, 2.45) is 0 Å². The van der Waals surface area contributed by atoms with Crippen molar-refractivity contribution in [2.45, 2.75) is 26.1 Å². The van der Waals surface area contributed by atoms with Crippen molar-refractivity contribution in [2.75, 3.05) is 0 Å². The number of hydrogen-bond donors (Lipinski definition) is 0. The Morgan fingerprint density at radius 1 is 1.17 bits per heavy atom. The minimum Gasteiger partial charge on any atom is -0.545 e. The van der Waals surface area contributed by atoms with Gasteiger partial charge in [-0.2, -0.15) is 0 Å². The van der Waals surface area contributed by atoms with Crippen molar-refractivity contribution in [1.29, 1.82) is 0 Å². The molecule has 0 saturated carbocycles. The number of benzene rings is 2. The highest BCUT2D eigenvalue weighted by atomic mass is 16.5. The highest BCUT2D eigenvalue weighted by Gasteiger charge is 2.25. The van der Waals surface area contributed by atoms with Gasteiger partial charge in [-0.1, -0.05) is 30.3 Å². The Balaban J connectivity index is 1.98. The number of rotatable bonds is 4. The molecule has 0 atom stereocenters. The number of carbonyl (C=O) groups is 1. The highest BCUT2D eigenvalue weighted by Crippen LogP contribution is 2.39. The summed E-state index contributed by atoms with van der Waals surface area (Å²) in [5.74, 6) is -0.391. The first-order chi connectivity index (χ1) is 11.0. The number of ether oxygens (including phenoxy) is 2. The van der Waals surface area contributed by atoms with Crippen LogP contribution in [0.5, 0.6) is 11.5 Å². The molecule has 0 spiro atoms. The molecule has 0 fully saturated rings. The molecule has 0 aliphatic carbocycles. The van der Waals surface area contributed by atoms with Gasteiger partial charge in [0.1, 0.15) is 23.7 Å². The topological polar surface area (TPSA) is 58.6 Å². The van der Waals surface area contributed by atoms with Gasteiger partial charge in [0.15, 0.2) is 0 Å². The molecule has 4 heteroatoms. The van der Waals surface area contributed by atoms with Gasteiger partial charge in [0.25, 0.3) is 0 Å². The lowest BCUT2D eigenvalue weighted by Gasteiger charge is -2.29. The van der Waals surface area contributed by atoms with Crippen LogP contribution in [0, 0.1) is 0 Å². The summed E-state index contributed by atoms with van der Waals surface area (Å²) < 4.78 is 11.7. The molecule has 0 bridgehead atoms. The van der Waals surface area contributed by atoms with E-state index in [2.05, 4.69) is 0 Å². The number of carboxylic acids is 1. The number of hydrogen-bond acceptors (Lipinski definition) is 4. The molecule has 23 heavy (non-hydrogen) atoms. The minimum absolute atomic E-state index is 0.0210. The van der Waals surface area contributed by atoms with E-state index in [-0.39, 0.29) is 17.9 Å². The van der Waals surface area contributed by atoms with Crippen LogP contribution in [0.25, 0.3) is 6.08 Å². The van der Waals surface area contributed by atoms with Gasteiger partial charge in [0.05, 0.1) is 11.5 Å². The second-order valence-electron chi connectivity index (χ2n) is 5.95. The average Bonchev–Trinajstić information content (AvgIpc) is 2.52. The standard InChI is InChI=1S/C19H18O4/c1-19(2)11-10-14-16(23-19)9-8-15(18(20)21)17(14)22-12-13-6-4-3-5-7-13/h3-11H,12H2,1-2H3,(H,20,21)/p-1. The predicted octanol–water partition coefficient (Wildman–Crippen LogP) is 2.81. The molecule has 0 amide bonds. The normalized spacial score (nSPS) is 14.7. The monoisotopic (exact) mass is 309 g/mol. The molecule has 2 aromatic rings. The summed E-state index contributed by atoms with van der Waals surface area (Å²) in [4.78, 5) is 11.4. The Morgan fingerprint density at radius 2 is 1.91 bits per heavy atom. The summed E-state index contributed by atoms with van der Waals surface area (Å²) in [5.41, 5.74) is 1.16. The number of aromatic carboxylic acids is 1. The number of carboxylic acid groups (broad SMARTS) is 1. The van der Waals surface area contributed by atoms with Crippen molar-refractivity contribution >= 4 is 12.0 Å². The lowest BCUT2D eigenvalue weighted by Crippen LogP contribution is -2.28. The van der Waals surface area contributed by atoms with Gasteiger partial charge in [-0.05, 0) is 43.7 Å². The van der Waals surface area contributed by atoms with E-state index in [0.29, 0.717) is 11.3 Å². The van der Waals surface area contributed by atoms with Gasteiger partial charge in [-0.25, -0.2) is 0 Å². The molecule has 2 aromatic carbocycles. The second-order valence-corrected chi connectivity index (χ2v) is 5.95. The fourth-order valence-corrected chi connectivity index (χ4v) is 2.48. The molecule has 118 valence electrons. The Morgan fingerprint density at radius 3 is 2.61 bits per heavy atom. The van der Waals surface area contributed by atoms with Crippen LogP contribution in [0.4, 0.5) is 0 Å². The van der Waals surface area contributed by atoms with E-state index in [0.717, 1.165) is 5.56 Å². The molecule has 1 aliphatic heterocycles. The zero-order valence-corrected chi connectivity index (χ0v) is 13.0. The molecule has 0 radical (unpaired) electrons. The van der Waals surface area contributed by atoms with E-state index in [4.69, 9.17) is 9.47 Å². The van der Waals surface area contributed by atoms with E-state index >= 15 is 0 Å². The van der Waals surface area contributed by atoms with Crippen LogP contribution < -0.4 is 14.6 Å². The zero-order valence-electron chi connectivity index (χ0n) is 13.0. The Bertz CT molecular complexity index is 760. The van der Waals surface area contributed by atoms with Crippen LogP contribution in [0.3, 0.4) is 0 Å². The van der Waals surface area contributed by atoms with Crippen LogP contribution in [-0.4, -0.2) is 11.6 Å². The second kappa shape index (κ2) is 5.80. The molecule has 1 aliphatic rings. The fourth-order valence-electron chi connectivity index (χ4n) is 2.48. The summed E-state index contributed by atoms with van der Waals surface area (Å²) in [7, 11) is 0. The summed E-state index contributed by atoms with van der Waals surface area (Å²) in [6, 6.07) is 12.7. The summed E-state index contributed by atoms with van der Waals surface area (Å²) in [5, 5.41) is 11.4. The first-order valence-corrected chi connectivity index (χ1v) is 7.39. The highest BCUT2D eigenvalue weighted by molar-refractivity contribution is 5.92. The zero-order chi connectivity index (χ0) is 16.4. The van der Waals surface area contributed by atoms with Crippen LogP contribution in [0.15, 0.2) is 48.5 Å². The third kappa shape index (κ3) is 3.21. The lowest BCUT2D eigenvalue weighted by molar-refractivity contribution is -0.255. The molecule has 3 rings (SSSR count). The van der Waals surface area contributed by atoms with Gasteiger partial charge in [0.2, 0.25) is 0 Å². The summed E-state index contributed by atoms with van der Waals surface area (Å²) >= 11 is 0. The van der Waals surface area contributed by atoms with E-state index < -0.39 is 11.6 Å². The average molecular weight is 309 g/mol. The molecular formula is C19H17O4-. The molecule has 0 saturated heterocycles. The molecule has 4 nitrogen and oxygen atoms in total. The first-order valence-electron chi connectivity index (χ1n) is 7.39. The van der Waals surface area contributed by atoms with Gasteiger partial charge >= 0.3 is 0 Å². The predicted molar refractivity (Wildman–Crippen MR) is 85.3 cm³/mol.